The highest BCUT2D eigenvalue weighted by molar-refractivity contribution is 5.92. The van der Waals surface area contributed by atoms with Crippen LogP contribution in [0.15, 0.2) is 18.5 Å². The molecule has 122 valence electrons. The third-order valence-electron chi connectivity index (χ3n) is 4.06. The van der Waals surface area contributed by atoms with Crippen LogP contribution in [0.4, 0.5) is 8.78 Å². The Hall–Kier alpha value is -2.38. The minimum absolute atomic E-state index is 0.0179. The molecule has 2 aromatic heterocycles. The molecule has 23 heavy (non-hydrogen) atoms. The zero-order valence-corrected chi connectivity index (χ0v) is 12.7. The first kappa shape index (κ1) is 15.5. The van der Waals surface area contributed by atoms with Crippen LogP contribution in [0.5, 0.6) is 0 Å². The molecule has 0 bridgehead atoms. The molecule has 0 unspecified atom stereocenters. The molecule has 3 rings (SSSR count). The number of aromatic nitrogens is 4. The predicted molar refractivity (Wildman–Crippen MR) is 78.2 cm³/mol. The first-order chi connectivity index (χ1) is 11.0. The second-order valence-electron chi connectivity index (χ2n) is 5.67. The monoisotopic (exact) mass is 321 g/mol. The van der Waals surface area contributed by atoms with Gasteiger partial charge in [0.15, 0.2) is 0 Å². The first-order valence-electron chi connectivity index (χ1n) is 7.46. The Balaban J connectivity index is 1.65. The van der Waals surface area contributed by atoms with Crippen molar-refractivity contribution in [2.75, 3.05) is 13.1 Å². The molecule has 2 aromatic rings. The molecule has 0 spiro atoms. The molecule has 0 aliphatic carbocycles. The van der Waals surface area contributed by atoms with Crippen LogP contribution in [-0.4, -0.2) is 44.1 Å². The van der Waals surface area contributed by atoms with Crippen molar-refractivity contribution in [2.45, 2.75) is 32.1 Å². The minimum atomic E-state index is -2.71. The Morgan fingerprint density at radius 1 is 1.30 bits per heavy atom. The Bertz CT molecular complexity index is 695. The number of halogens is 2. The molecule has 1 saturated heterocycles. The maximum absolute atomic E-state index is 12.7. The summed E-state index contributed by atoms with van der Waals surface area (Å²) in [6.45, 7) is 3.07. The largest absolute Gasteiger partial charge is 0.337 e. The Morgan fingerprint density at radius 3 is 2.65 bits per heavy atom. The number of aryl methyl sites for hydroxylation is 1. The van der Waals surface area contributed by atoms with E-state index in [1.165, 1.54) is 0 Å². The fraction of sp³-hybridized carbons (Fsp3) is 0.467. The summed E-state index contributed by atoms with van der Waals surface area (Å²) in [6, 6.07) is 3.08. The van der Waals surface area contributed by atoms with Gasteiger partial charge in [-0.05, 0) is 31.9 Å². The molecule has 3 heterocycles. The summed E-state index contributed by atoms with van der Waals surface area (Å²) in [6.07, 6.45) is -0.113. The number of nitrogens with zero attached hydrogens (tertiary/aromatic N) is 4. The van der Waals surface area contributed by atoms with E-state index >= 15 is 0 Å². The normalized spacial score (nSPS) is 16.1. The number of nitrogens with one attached hydrogen (secondary N) is 1. The number of alkyl halides is 2. The van der Waals surface area contributed by atoms with Gasteiger partial charge in [0, 0.05) is 24.7 Å². The summed E-state index contributed by atoms with van der Waals surface area (Å²) < 4.78 is 25.3. The topological polar surface area (TPSA) is 74.8 Å². The maximum atomic E-state index is 12.7. The van der Waals surface area contributed by atoms with Crippen molar-refractivity contribution in [3.8, 4) is 0 Å². The lowest BCUT2D eigenvalue weighted by molar-refractivity contribution is 0.0705. The molecular formula is C15H17F2N5O. The second-order valence-corrected chi connectivity index (χ2v) is 5.67. The third-order valence-corrected chi connectivity index (χ3v) is 4.06. The number of carbonyl (C=O) groups excluding carboxylic acids is 1. The molecule has 0 aromatic carbocycles. The SMILES string of the molecule is Cc1cc(C2CCN(C(=O)c3cc(C(F)F)ncn3)CC2)n[nH]1. The summed E-state index contributed by atoms with van der Waals surface area (Å²) in [4.78, 5) is 21.3. The van der Waals surface area contributed by atoms with Gasteiger partial charge < -0.3 is 4.90 Å². The van der Waals surface area contributed by atoms with E-state index in [0.29, 0.717) is 19.0 Å². The van der Waals surface area contributed by atoms with Gasteiger partial charge in [0.1, 0.15) is 17.7 Å². The number of likely N-dealkylation sites (tertiary alicyclic amines) is 1. The highest BCUT2D eigenvalue weighted by Crippen LogP contribution is 2.27. The highest BCUT2D eigenvalue weighted by atomic mass is 19.3. The molecule has 1 fully saturated rings. The molecule has 1 aliphatic heterocycles. The zero-order valence-electron chi connectivity index (χ0n) is 12.7. The smallest absolute Gasteiger partial charge is 0.280 e. The number of rotatable bonds is 3. The molecule has 0 atom stereocenters. The van der Waals surface area contributed by atoms with Gasteiger partial charge in [0.25, 0.3) is 12.3 Å². The van der Waals surface area contributed by atoms with E-state index in [1.54, 1.807) is 4.90 Å². The van der Waals surface area contributed by atoms with Crippen LogP contribution in [0.1, 0.15) is 52.8 Å². The van der Waals surface area contributed by atoms with Crippen LogP contribution in [0.2, 0.25) is 0 Å². The summed E-state index contributed by atoms with van der Waals surface area (Å²) in [5.41, 5.74) is 1.62. The van der Waals surface area contributed by atoms with Crippen LogP contribution < -0.4 is 0 Å². The first-order valence-corrected chi connectivity index (χ1v) is 7.46. The van der Waals surface area contributed by atoms with Gasteiger partial charge in [0.05, 0.1) is 5.69 Å². The maximum Gasteiger partial charge on any atom is 0.280 e. The number of carbonyl (C=O) groups is 1. The lowest BCUT2D eigenvalue weighted by Gasteiger charge is -2.31. The lowest BCUT2D eigenvalue weighted by Crippen LogP contribution is -2.38. The van der Waals surface area contributed by atoms with Gasteiger partial charge in [-0.2, -0.15) is 5.10 Å². The number of piperidine rings is 1. The molecular weight excluding hydrogens is 304 g/mol. The van der Waals surface area contributed by atoms with E-state index < -0.39 is 12.1 Å². The van der Waals surface area contributed by atoms with Crippen LogP contribution in [0.25, 0.3) is 0 Å². The molecule has 0 saturated carbocycles. The fourth-order valence-electron chi connectivity index (χ4n) is 2.80. The summed E-state index contributed by atoms with van der Waals surface area (Å²) in [5.74, 6) is -0.0167. The van der Waals surface area contributed by atoms with E-state index in [0.717, 1.165) is 36.6 Å². The molecule has 0 radical (unpaired) electrons. The highest BCUT2D eigenvalue weighted by Gasteiger charge is 2.27. The number of aromatic amines is 1. The minimum Gasteiger partial charge on any atom is -0.337 e. The third kappa shape index (κ3) is 3.35. The van der Waals surface area contributed by atoms with Crippen molar-refractivity contribution < 1.29 is 13.6 Å². The number of hydrogen-bond acceptors (Lipinski definition) is 4. The standard InChI is InChI=1S/C15H17F2N5O/c1-9-6-11(21-20-9)10-2-4-22(5-3-10)15(23)13-7-12(14(16)17)18-8-19-13/h6-8,10,14H,2-5H2,1H3,(H,20,21). The molecule has 1 N–H and O–H groups in total. The average molecular weight is 321 g/mol. The Labute approximate surface area is 131 Å². The van der Waals surface area contributed by atoms with Gasteiger partial charge in [-0.15, -0.1) is 0 Å². The van der Waals surface area contributed by atoms with E-state index in [2.05, 4.69) is 20.2 Å². The van der Waals surface area contributed by atoms with Crippen LogP contribution in [0, 0.1) is 6.92 Å². The zero-order chi connectivity index (χ0) is 16.4. The van der Waals surface area contributed by atoms with E-state index in [-0.39, 0.29) is 11.6 Å². The lowest BCUT2D eigenvalue weighted by atomic mass is 9.93. The predicted octanol–water partition coefficient (Wildman–Crippen LogP) is 2.47. The summed E-state index contributed by atoms with van der Waals surface area (Å²) in [5, 5.41) is 7.19. The van der Waals surface area contributed by atoms with Gasteiger partial charge in [-0.3, -0.25) is 9.89 Å². The van der Waals surface area contributed by atoms with Crippen LogP contribution in [-0.2, 0) is 0 Å². The van der Waals surface area contributed by atoms with Gasteiger partial charge >= 0.3 is 0 Å². The number of amides is 1. The van der Waals surface area contributed by atoms with Crippen molar-refractivity contribution in [1.29, 1.82) is 0 Å². The van der Waals surface area contributed by atoms with Gasteiger partial charge in [0.2, 0.25) is 0 Å². The van der Waals surface area contributed by atoms with Crippen LogP contribution in [0.3, 0.4) is 0 Å². The van der Waals surface area contributed by atoms with Gasteiger partial charge in [-0.1, -0.05) is 0 Å². The Kier molecular flexibility index (Phi) is 4.31. The van der Waals surface area contributed by atoms with Crippen molar-refractivity contribution in [1.82, 2.24) is 25.1 Å². The molecule has 1 amide bonds. The number of hydrogen-bond donors (Lipinski definition) is 1. The molecule has 8 heteroatoms. The molecule has 6 nitrogen and oxygen atoms in total. The van der Waals surface area contributed by atoms with Crippen molar-refractivity contribution in [3.05, 3.63) is 41.2 Å². The summed E-state index contributed by atoms with van der Waals surface area (Å²) >= 11 is 0. The van der Waals surface area contributed by atoms with Crippen molar-refractivity contribution in [3.63, 3.8) is 0 Å². The number of H-pyrrole nitrogens is 1. The van der Waals surface area contributed by atoms with Crippen LogP contribution >= 0.6 is 0 Å². The second kappa shape index (κ2) is 6.39. The van der Waals surface area contributed by atoms with E-state index in [1.807, 2.05) is 13.0 Å². The van der Waals surface area contributed by atoms with Crippen molar-refractivity contribution in [2.24, 2.45) is 0 Å². The van der Waals surface area contributed by atoms with Gasteiger partial charge in [-0.25, -0.2) is 18.7 Å². The van der Waals surface area contributed by atoms with Crippen molar-refractivity contribution >= 4 is 5.91 Å². The average Bonchev–Trinajstić information content (AvgIpc) is 3.01. The molecule has 1 aliphatic rings. The Morgan fingerprint density at radius 2 is 2.04 bits per heavy atom. The summed E-state index contributed by atoms with van der Waals surface area (Å²) in [7, 11) is 0. The van der Waals surface area contributed by atoms with E-state index in [9.17, 15) is 13.6 Å². The fourth-order valence-corrected chi connectivity index (χ4v) is 2.80. The quantitative estimate of drug-likeness (QED) is 0.942. The van der Waals surface area contributed by atoms with E-state index in [4.69, 9.17) is 0 Å².